The van der Waals surface area contributed by atoms with Gasteiger partial charge in [-0.1, -0.05) is 18.2 Å². The first kappa shape index (κ1) is 6.49. The molecule has 2 aliphatic rings. The summed E-state index contributed by atoms with van der Waals surface area (Å²) in [7, 11) is 0. The van der Waals surface area contributed by atoms with Crippen LogP contribution >= 0.6 is 0 Å². The number of benzene rings is 1. The maximum atomic E-state index is 5.53. The Morgan fingerprint density at radius 1 is 1.17 bits per heavy atom. The van der Waals surface area contributed by atoms with Crippen LogP contribution in [0, 0.1) is 0 Å². The molecule has 12 heavy (non-hydrogen) atoms. The molecule has 1 aromatic rings. The van der Waals surface area contributed by atoms with E-state index >= 15 is 0 Å². The van der Waals surface area contributed by atoms with Crippen LogP contribution in [0.3, 0.4) is 0 Å². The number of epoxide rings is 1. The van der Waals surface area contributed by atoms with Crippen molar-refractivity contribution >= 4 is 0 Å². The molecule has 2 nitrogen and oxygen atoms in total. The zero-order valence-electron chi connectivity index (χ0n) is 6.69. The Morgan fingerprint density at radius 3 is 2.83 bits per heavy atom. The van der Waals surface area contributed by atoms with E-state index in [0.717, 1.165) is 19.0 Å². The van der Waals surface area contributed by atoms with Crippen LogP contribution in [0.5, 0.6) is 5.75 Å². The van der Waals surface area contributed by atoms with Gasteiger partial charge in [-0.3, -0.25) is 0 Å². The Labute approximate surface area is 71.1 Å². The van der Waals surface area contributed by atoms with Gasteiger partial charge in [-0.05, 0) is 6.07 Å². The standard InChI is InChI=1S/C10H10O2/c1-2-4-9-7(3-1)8(5-11-9)10-6-12-10/h1-4,8,10H,5-6H2/t8-,10-/m1/s1. The summed E-state index contributed by atoms with van der Waals surface area (Å²) >= 11 is 0. The van der Waals surface area contributed by atoms with Gasteiger partial charge in [0.15, 0.2) is 0 Å². The quantitative estimate of drug-likeness (QED) is 0.584. The van der Waals surface area contributed by atoms with Gasteiger partial charge in [-0.2, -0.15) is 0 Å². The molecular formula is C10H10O2. The van der Waals surface area contributed by atoms with Crippen molar-refractivity contribution in [3.05, 3.63) is 29.8 Å². The van der Waals surface area contributed by atoms with Gasteiger partial charge in [0.1, 0.15) is 5.75 Å². The molecule has 0 bridgehead atoms. The summed E-state index contributed by atoms with van der Waals surface area (Å²) < 4.78 is 10.8. The third-order valence-corrected chi connectivity index (χ3v) is 2.54. The van der Waals surface area contributed by atoms with Crippen LogP contribution in [0.25, 0.3) is 0 Å². The van der Waals surface area contributed by atoms with Gasteiger partial charge in [0.05, 0.1) is 25.2 Å². The van der Waals surface area contributed by atoms with E-state index in [0.29, 0.717) is 12.0 Å². The molecule has 0 spiro atoms. The van der Waals surface area contributed by atoms with Gasteiger partial charge in [0.25, 0.3) is 0 Å². The first-order chi connectivity index (χ1) is 5.95. The lowest BCUT2D eigenvalue weighted by molar-refractivity contribution is 0.293. The Kier molecular flexibility index (Phi) is 1.21. The van der Waals surface area contributed by atoms with E-state index in [9.17, 15) is 0 Å². The van der Waals surface area contributed by atoms with Crippen LogP contribution in [-0.2, 0) is 4.74 Å². The van der Waals surface area contributed by atoms with Crippen LogP contribution in [0.2, 0.25) is 0 Å². The molecule has 0 radical (unpaired) electrons. The zero-order chi connectivity index (χ0) is 7.97. The van der Waals surface area contributed by atoms with Crippen molar-refractivity contribution < 1.29 is 9.47 Å². The largest absolute Gasteiger partial charge is 0.493 e. The summed E-state index contributed by atoms with van der Waals surface area (Å²) in [4.78, 5) is 0. The van der Waals surface area contributed by atoms with Crippen molar-refractivity contribution in [3.8, 4) is 5.75 Å². The molecule has 3 rings (SSSR count). The van der Waals surface area contributed by atoms with Gasteiger partial charge >= 0.3 is 0 Å². The molecule has 0 aliphatic carbocycles. The normalized spacial score (nSPS) is 31.0. The second-order valence-electron chi connectivity index (χ2n) is 3.33. The highest BCUT2D eigenvalue weighted by Crippen LogP contribution is 2.40. The summed E-state index contributed by atoms with van der Waals surface area (Å²) in [6, 6.07) is 8.23. The van der Waals surface area contributed by atoms with Crippen LogP contribution in [0.4, 0.5) is 0 Å². The van der Waals surface area contributed by atoms with Crippen LogP contribution in [0.15, 0.2) is 24.3 Å². The summed E-state index contributed by atoms with van der Waals surface area (Å²) in [5, 5.41) is 0. The van der Waals surface area contributed by atoms with Gasteiger partial charge in [-0.15, -0.1) is 0 Å². The van der Waals surface area contributed by atoms with Crippen LogP contribution in [0.1, 0.15) is 11.5 Å². The fourth-order valence-corrected chi connectivity index (χ4v) is 1.78. The van der Waals surface area contributed by atoms with Gasteiger partial charge in [-0.25, -0.2) is 0 Å². The molecule has 1 saturated heterocycles. The molecule has 0 amide bonds. The molecular weight excluding hydrogens is 152 g/mol. The minimum atomic E-state index is 0.425. The van der Waals surface area contributed by atoms with E-state index in [-0.39, 0.29) is 0 Å². The topological polar surface area (TPSA) is 21.8 Å². The van der Waals surface area contributed by atoms with Crippen molar-refractivity contribution in [2.45, 2.75) is 12.0 Å². The molecule has 0 unspecified atom stereocenters. The highest BCUT2D eigenvalue weighted by Gasteiger charge is 2.38. The molecule has 1 fully saturated rings. The molecule has 2 heterocycles. The maximum absolute atomic E-state index is 5.53. The second kappa shape index (κ2) is 2.23. The minimum Gasteiger partial charge on any atom is -0.493 e. The molecule has 0 aromatic heterocycles. The smallest absolute Gasteiger partial charge is 0.123 e. The van der Waals surface area contributed by atoms with Crippen molar-refractivity contribution in [1.82, 2.24) is 0 Å². The second-order valence-corrected chi connectivity index (χ2v) is 3.33. The molecule has 1 aromatic carbocycles. The molecule has 0 N–H and O–H groups in total. The zero-order valence-corrected chi connectivity index (χ0v) is 6.69. The third-order valence-electron chi connectivity index (χ3n) is 2.54. The van der Waals surface area contributed by atoms with E-state index in [1.807, 2.05) is 12.1 Å². The predicted molar refractivity (Wildman–Crippen MR) is 44.4 cm³/mol. The SMILES string of the molecule is c1ccc2c(c1)OC[C@H]2[C@H]1CO1. The van der Waals surface area contributed by atoms with Gasteiger partial charge in [0, 0.05) is 5.56 Å². The first-order valence-electron chi connectivity index (χ1n) is 4.28. The van der Waals surface area contributed by atoms with Gasteiger partial charge in [0.2, 0.25) is 0 Å². The molecule has 0 saturated carbocycles. The Morgan fingerprint density at radius 2 is 2.00 bits per heavy atom. The number of para-hydroxylation sites is 1. The Bertz CT molecular complexity index is 304. The van der Waals surface area contributed by atoms with E-state index in [1.54, 1.807) is 0 Å². The first-order valence-corrected chi connectivity index (χ1v) is 4.28. The van der Waals surface area contributed by atoms with Crippen LogP contribution in [-0.4, -0.2) is 19.3 Å². The average molecular weight is 162 g/mol. The number of hydrogen-bond donors (Lipinski definition) is 0. The highest BCUT2D eigenvalue weighted by molar-refractivity contribution is 5.40. The van der Waals surface area contributed by atoms with E-state index < -0.39 is 0 Å². The van der Waals surface area contributed by atoms with Crippen molar-refractivity contribution in [2.24, 2.45) is 0 Å². The predicted octanol–water partition coefficient (Wildman–Crippen LogP) is 1.56. The lowest BCUT2D eigenvalue weighted by Crippen LogP contribution is -2.07. The Hall–Kier alpha value is -1.02. The molecule has 2 heteroatoms. The number of fused-ring (bicyclic) bond motifs is 1. The fourth-order valence-electron chi connectivity index (χ4n) is 1.78. The summed E-state index contributed by atoms with van der Waals surface area (Å²) in [5.41, 5.74) is 1.32. The Balaban J connectivity index is 2.01. The maximum Gasteiger partial charge on any atom is 0.123 e. The van der Waals surface area contributed by atoms with Crippen molar-refractivity contribution in [1.29, 1.82) is 0 Å². The summed E-state index contributed by atoms with van der Waals surface area (Å²) in [5.74, 6) is 1.53. The number of ether oxygens (including phenoxy) is 2. The molecule has 2 atom stereocenters. The summed E-state index contributed by atoms with van der Waals surface area (Å²) in [6.45, 7) is 1.70. The van der Waals surface area contributed by atoms with Crippen molar-refractivity contribution in [2.75, 3.05) is 13.2 Å². The number of hydrogen-bond acceptors (Lipinski definition) is 2. The monoisotopic (exact) mass is 162 g/mol. The third kappa shape index (κ3) is 0.847. The molecule has 62 valence electrons. The fraction of sp³-hybridized carbons (Fsp3) is 0.400. The van der Waals surface area contributed by atoms with E-state index in [1.165, 1.54) is 5.56 Å². The number of rotatable bonds is 1. The van der Waals surface area contributed by atoms with Gasteiger partial charge < -0.3 is 9.47 Å². The van der Waals surface area contributed by atoms with E-state index in [4.69, 9.17) is 9.47 Å². The van der Waals surface area contributed by atoms with E-state index in [2.05, 4.69) is 12.1 Å². The van der Waals surface area contributed by atoms with Crippen molar-refractivity contribution in [3.63, 3.8) is 0 Å². The lowest BCUT2D eigenvalue weighted by Gasteiger charge is -2.01. The minimum absolute atomic E-state index is 0.425. The summed E-state index contributed by atoms with van der Waals surface area (Å²) in [6.07, 6.45) is 0.425. The molecule has 2 aliphatic heterocycles. The lowest BCUT2D eigenvalue weighted by atomic mass is 9.99. The average Bonchev–Trinajstić information content (AvgIpc) is 2.86. The highest BCUT2D eigenvalue weighted by atomic mass is 16.6. The van der Waals surface area contributed by atoms with Crippen LogP contribution < -0.4 is 4.74 Å².